The minimum absolute atomic E-state index is 0.174. The van der Waals surface area contributed by atoms with E-state index in [-0.39, 0.29) is 6.04 Å². The molecule has 1 rings (SSSR count). The van der Waals surface area contributed by atoms with Crippen LogP contribution in [0.2, 0.25) is 0 Å². The number of nitrogens with one attached hydrogen (secondary N) is 1. The van der Waals surface area contributed by atoms with E-state index in [1.165, 1.54) is 0 Å². The predicted molar refractivity (Wildman–Crippen MR) is 45.2 cm³/mol. The molecule has 1 saturated heterocycles. The highest BCUT2D eigenvalue weighted by atomic mass is 16.5. The maximum atomic E-state index is 5.22. The van der Waals surface area contributed by atoms with Gasteiger partial charge < -0.3 is 10.1 Å². The summed E-state index contributed by atoms with van der Waals surface area (Å²) in [4.78, 5) is 0. The molecule has 1 atom stereocenters. The lowest BCUT2D eigenvalue weighted by Gasteiger charge is -2.38. The SMILES string of the molecule is C#CC(C)NCC1(C)COC1. The summed E-state index contributed by atoms with van der Waals surface area (Å²) < 4.78 is 5.11. The van der Waals surface area contributed by atoms with Crippen molar-refractivity contribution in [1.82, 2.24) is 5.32 Å². The van der Waals surface area contributed by atoms with E-state index in [0.717, 1.165) is 19.8 Å². The zero-order chi connectivity index (χ0) is 8.32. The van der Waals surface area contributed by atoms with Crippen molar-refractivity contribution in [3.05, 3.63) is 0 Å². The van der Waals surface area contributed by atoms with E-state index in [9.17, 15) is 0 Å². The lowest BCUT2D eigenvalue weighted by atomic mass is 9.88. The Morgan fingerprint density at radius 1 is 1.73 bits per heavy atom. The Balaban J connectivity index is 2.17. The maximum Gasteiger partial charge on any atom is 0.0658 e. The number of rotatable bonds is 3. The molecule has 62 valence electrons. The van der Waals surface area contributed by atoms with Crippen molar-refractivity contribution < 1.29 is 4.74 Å². The van der Waals surface area contributed by atoms with Gasteiger partial charge in [0.2, 0.25) is 0 Å². The molecule has 1 heterocycles. The first-order chi connectivity index (χ1) is 5.16. The van der Waals surface area contributed by atoms with Gasteiger partial charge in [-0.3, -0.25) is 0 Å². The molecule has 0 saturated carbocycles. The molecule has 0 aromatic heterocycles. The molecule has 2 heteroatoms. The van der Waals surface area contributed by atoms with E-state index in [1.54, 1.807) is 0 Å². The van der Waals surface area contributed by atoms with Crippen molar-refractivity contribution in [3.8, 4) is 12.3 Å². The second-order valence-corrected chi connectivity index (χ2v) is 3.57. The van der Waals surface area contributed by atoms with Gasteiger partial charge in [0.25, 0.3) is 0 Å². The Hall–Kier alpha value is -0.520. The van der Waals surface area contributed by atoms with Crippen molar-refractivity contribution in [2.24, 2.45) is 5.41 Å². The molecule has 0 aromatic carbocycles. The summed E-state index contributed by atoms with van der Waals surface area (Å²) in [7, 11) is 0. The van der Waals surface area contributed by atoms with E-state index in [4.69, 9.17) is 11.2 Å². The van der Waals surface area contributed by atoms with Gasteiger partial charge in [0.15, 0.2) is 0 Å². The summed E-state index contributed by atoms with van der Waals surface area (Å²) >= 11 is 0. The average Bonchev–Trinajstić information content (AvgIpc) is 1.96. The van der Waals surface area contributed by atoms with Crippen LogP contribution in [-0.4, -0.2) is 25.8 Å². The third kappa shape index (κ3) is 2.21. The Morgan fingerprint density at radius 2 is 2.36 bits per heavy atom. The topological polar surface area (TPSA) is 21.3 Å². The highest BCUT2D eigenvalue weighted by molar-refractivity contribution is 4.97. The minimum atomic E-state index is 0.174. The van der Waals surface area contributed by atoms with Gasteiger partial charge in [-0.1, -0.05) is 12.8 Å². The highest BCUT2D eigenvalue weighted by Crippen LogP contribution is 2.25. The Labute approximate surface area is 68.3 Å². The summed E-state index contributed by atoms with van der Waals surface area (Å²) in [6.07, 6.45) is 5.22. The fourth-order valence-corrected chi connectivity index (χ4v) is 1.01. The summed E-state index contributed by atoms with van der Waals surface area (Å²) in [6, 6.07) is 0.174. The van der Waals surface area contributed by atoms with Gasteiger partial charge in [0.05, 0.1) is 19.3 Å². The number of ether oxygens (including phenoxy) is 1. The molecule has 1 aliphatic heterocycles. The summed E-state index contributed by atoms with van der Waals surface area (Å²) in [5.41, 5.74) is 0.325. The Morgan fingerprint density at radius 3 is 2.73 bits per heavy atom. The molecule has 1 aliphatic rings. The zero-order valence-electron chi connectivity index (χ0n) is 7.18. The normalized spacial score (nSPS) is 23.4. The molecule has 1 unspecified atom stereocenters. The van der Waals surface area contributed by atoms with Gasteiger partial charge in [-0.05, 0) is 6.92 Å². The van der Waals surface area contributed by atoms with E-state index >= 15 is 0 Å². The van der Waals surface area contributed by atoms with Gasteiger partial charge in [0, 0.05) is 12.0 Å². The second-order valence-electron chi connectivity index (χ2n) is 3.57. The van der Waals surface area contributed by atoms with Crippen LogP contribution in [0.1, 0.15) is 13.8 Å². The van der Waals surface area contributed by atoms with Crippen LogP contribution in [0.4, 0.5) is 0 Å². The molecule has 1 fully saturated rings. The molecule has 11 heavy (non-hydrogen) atoms. The van der Waals surface area contributed by atoms with Gasteiger partial charge in [-0.15, -0.1) is 6.42 Å². The lowest BCUT2D eigenvalue weighted by molar-refractivity contribution is -0.0993. The van der Waals surface area contributed by atoms with Crippen LogP contribution >= 0.6 is 0 Å². The number of hydrogen-bond donors (Lipinski definition) is 1. The summed E-state index contributed by atoms with van der Waals surface area (Å²) in [5.74, 6) is 2.63. The molecule has 0 amide bonds. The smallest absolute Gasteiger partial charge is 0.0658 e. The number of terminal acetylenes is 1. The average molecular weight is 153 g/mol. The van der Waals surface area contributed by atoms with Gasteiger partial charge in [-0.2, -0.15) is 0 Å². The predicted octanol–water partition coefficient (Wildman–Crippen LogP) is 0.634. The fourth-order valence-electron chi connectivity index (χ4n) is 1.01. The van der Waals surface area contributed by atoms with E-state index < -0.39 is 0 Å². The molecule has 0 spiro atoms. The molecule has 0 radical (unpaired) electrons. The largest absolute Gasteiger partial charge is 0.380 e. The third-order valence-corrected chi connectivity index (χ3v) is 1.99. The molecule has 0 aromatic rings. The first-order valence-corrected chi connectivity index (χ1v) is 3.93. The zero-order valence-corrected chi connectivity index (χ0v) is 7.18. The first kappa shape index (κ1) is 8.58. The van der Waals surface area contributed by atoms with Crippen LogP contribution in [-0.2, 0) is 4.74 Å². The van der Waals surface area contributed by atoms with Crippen LogP contribution in [0.5, 0.6) is 0 Å². The highest BCUT2D eigenvalue weighted by Gasteiger charge is 2.32. The van der Waals surface area contributed by atoms with Crippen molar-refractivity contribution >= 4 is 0 Å². The van der Waals surface area contributed by atoms with Crippen LogP contribution in [0, 0.1) is 17.8 Å². The van der Waals surface area contributed by atoms with E-state index in [1.807, 2.05) is 6.92 Å². The van der Waals surface area contributed by atoms with E-state index in [0.29, 0.717) is 5.41 Å². The van der Waals surface area contributed by atoms with Crippen LogP contribution in [0.3, 0.4) is 0 Å². The summed E-state index contributed by atoms with van der Waals surface area (Å²) in [5, 5.41) is 3.26. The second kappa shape index (κ2) is 3.25. The molecular weight excluding hydrogens is 138 g/mol. The van der Waals surface area contributed by atoms with Crippen LogP contribution < -0.4 is 5.32 Å². The standard InChI is InChI=1S/C9H15NO/c1-4-8(2)10-5-9(3)6-11-7-9/h1,8,10H,5-7H2,2-3H3. The van der Waals surface area contributed by atoms with Gasteiger partial charge in [0.1, 0.15) is 0 Å². The van der Waals surface area contributed by atoms with Crippen molar-refractivity contribution in [2.45, 2.75) is 19.9 Å². The van der Waals surface area contributed by atoms with Crippen molar-refractivity contribution in [1.29, 1.82) is 0 Å². The Kier molecular flexibility index (Phi) is 2.53. The van der Waals surface area contributed by atoms with E-state index in [2.05, 4.69) is 18.2 Å². The maximum absolute atomic E-state index is 5.22. The lowest BCUT2D eigenvalue weighted by Crippen LogP contribution is -2.48. The number of hydrogen-bond acceptors (Lipinski definition) is 2. The molecular formula is C9H15NO. The summed E-state index contributed by atoms with van der Waals surface area (Å²) in [6.45, 7) is 6.86. The molecule has 2 nitrogen and oxygen atoms in total. The minimum Gasteiger partial charge on any atom is -0.380 e. The van der Waals surface area contributed by atoms with Crippen molar-refractivity contribution in [3.63, 3.8) is 0 Å². The molecule has 1 N–H and O–H groups in total. The van der Waals surface area contributed by atoms with Crippen LogP contribution in [0.25, 0.3) is 0 Å². The van der Waals surface area contributed by atoms with Crippen LogP contribution in [0.15, 0.2) is 0 Å². The first-order valence-electron chi connectivity index (χ1n) is 3.93. The van der Waals surface area contributed by atoms with Gasteiger partial charge in [-0.25, -0.2) is 0 Å². The monoisotopic (exact) mass is 153 g/mol. The van der Waals surface area contributed by atoms with Crippen molar-refractivity contribution in [2.75, 3.05) is 19.8 Å². The third-order valence-electron chi connectivity index (χ3n) is 1.99. The van der Waals surface area contributed by atoms with Gasteiger partial charge >= 0.3 is 0 Å². The molecule has 0 bridgehead atoms. The quantitative estimate of drug-likeness (QED) is 0.601. The molecule has 0 aliphatic carbocycles. The fraction of sp³-hybridized carbons (Fsp3) is 0.778. The Bertz CT molecular complexity index is 167.